The molecule has 1 spiro atoms. The Morgan fingerprint density at radius 2 is 1.65 bits per heavy atom. The Bertz CT molecular complexity index is 3120. The summed E-state index contributed by atoms with van der Waals surface area (Å²) in [5.74, 6) is 9.90. The molecule has 13 rings (SSSR count). The van der Waals surface area contributed by atoms with Crippen molar-refractivity contribution in [3.63, 3.8) is 0 Å². The molecule has 2 aromatic carbocycles. The van der Waals surface area contributed by atoms with Crippen molar-refractivity contribution in [2.75, 3.05) is 31.2 Å². The van der Waals surface area contributed by atoms with Crippen LogP contribution in [0.1, 0.15) is 224 Å². The van der Waals surface area contributed by atoms with Crippen LogP contribution in [0.15, 0.2) is 76.2 Å². The van der Waals surface area contributed by atoms with Crippen LogP contribution in [0.4, 0.5) is 0 Å². The van der Waals surface area contributed by atoms with Gasteiger partial charge in [0, 0.05) is 95.8 Å². The first kappa shape index (κ1) is 65.5. The summed E-state index contributed by atoms with van der Waals surface area (Å²) in [6, 6.07) is 18.8. The molecule has 17 unspecified atom stereocenters. The van der Waals surface area contributed by atoms with Crippen LogP contribution in [0.3, 0.4) is 0 Å². The van der Waals surface area contributed by atoms with Gasteiger partial charge in [-0.1, -0.05) is 104 Å². The second-order valence-electron chi connectivity index (χ2n) is 30.5. The number of furan rings is 1. The zero-order chi connectivity index (χ0) is 62.8. The largest absolute Gasteiger partial charge is 0.508 e. The number of aliphatic hydroxyl groups excluding tert-OH is 3. The topological polar surface area (TPSA) is 240 Å². The molecule has 3 heterocycles. The average molecular weight is 1280 g/mol. The highest BCUT2D eigenvalue weighted by Crippen LogP contribution is 2.73. The molecule has 0 amide bonds. The fourth-order valence-electron chi connectivity index (χ4n) is 20.5. The Labute approximate surface area is 550 Å². The van der Waals surface area contributed by atoms with Crippen LogP contribution in [-0.4, -0.2) is 104 Å². The molecule has 0 radical (unpaired) electrons. The number of nitrogens with two attached hydrogens (primary N) is 2. The molecule has 6 bridgehead atoms. The van der Waals surface area contributed by atoms with Crippen molar-refractivity contribution < 1.29 is 34.7 Å². The molecule has 14 nitrogen and oxygen atoms in total. The van der Waals surface area contributed by atoms with Crippen LogP contribution in [0.5, 0.6) is 17.2 Å². The smallest absolute Gasteiger partial charge is 0.189 e. The van der Waals surface area contributed by atoms with Gasteiger partial charge in [-0.25, -0.2) is 4.99 Å². The zero-order valence-corrected chi connectivity index (χ0v) is 56.2. The highest BCUT2D eigenvalue weighted by Gasteiger charge is 2.65. The Kier molecular flexibility index (Phi) is 20.9. The number of hydrogen-bond acceptors (Lipinski definition) is 13. The van der Waals surface area contributed by atoms with Gasteiger partial charge in [-0.05, 0) is 216 Å². The van der Waals surface area contributed by atoms with Gasteiger partial charge >= 0.3 is 0 Å². The van der Waals surface area contributed by atoms with E-state index in [2.05, 4.69) is 52.1 Å². The number of fused-ring (bicyclic) bond motifs is 2. The molecule has 1 aliphatic heterocycles. The van der Waals surface area contributed by atoms with Gasteiger partial charge in [0.25, 0.3) is 0 Å². The molecule has 16 heteroatoms. The minimum absolute atomic E-state index is 0.000920. The second-order valence-corrected chi connectivity index (χ2v) is 33.0. The molecule has 498 valence electrons. The monoisotopic (exact) mass is 1280 g/mol. The second kappa shape index (κ2) is 29.1. The maximum atomic E-state index is 12.1. The van der Waals surface area contributed by atoms with Gasteiger partial charge in [-0.15, -0.1) is 0 Å². The van der Waals surface area contributed by atoms with Gasteiger partial charge in [0.05, 0.1) is 18.8 Å². The van der Waals surface area contributed by atoms with E-state index in [0.29, 0.717) is 90.2 Å². The van der Waals surface area contributed by atoms with Crippen molar-refractivity contribution in [2.24, 2.45) is 68.7 Å². The number of aromatic amines is 1. The van der Waals surface area contributed by atoms with Crippen molar-refractivity contribution in [1.29, 1.82) is 0 Å². The molecule has 6 saturated carbocycles. The number of aromatic nitrogens is 1. The molecule has 7 fully saturated rings. The normalized spacial score (nSPS) is 33.4. The van der Waals surface area contributed by atoms with E-state index in [1.807, 2.05) is 58.8 Å². The van der Waals surface area contributed by atoms with Crippen LogP contribution < -0.4 is 32.2 Å². The standard InChI is InChI=1S/C75H109N7O7S2/c1-45-17-23-57-51-32-47(19-24-58(57)60(62(76)37-51)43-90-91-44-65(45)82-73(77)80-54-14-7-10-49(34-54)50-11-8-15-55(85)35-50)21-26-68-52(41-83)36-56(89-68)22-18-48-20-25-66(86)69(33-48)88-42-67(87)63-38-59-71(64(79-39-46(2)84)40-78-53-12-3-4-13-53)75-30-9-16-70(75)74(28-5-6-29-74)61(27-31-75)72(59)81-63/h8,11,15,20,25,27,31,33,35-36,38,45-47,49,51,53-54,57-58,60-62,64-65,67,70-71,78-79,81,83-87H,3-7,9-10,12-14,16-19,21-24,26,28-30,32,34,37,39-44,76H2,1-2H3,(H3,77,80,82). The van der Waals surface area contributed by atoms with Gasteiger partial charge in [0.2, 0.25) is 0 Å². The van der Waals surface area contributed by atoms with Crippen LogP contribution >= 0.6 is 21.6 Å². The predicted octanol–water partition coefficient (Wildman–Crippen LogP) is 13.1. The molecule has 4 aromatic rings. The third-order valence-electron chi connectivity index (χ3n) is 25.0. The van der Waals surface area contributed by atoms with E-state index in [0.717, 1.165) is 104 Å². The van der Waals surface area contributed by atoms with E-state index in [-0.39, 0.29) is 65.8 Å². The zero-order valence-electron chi connectivity index (χ0n) is 54.6. The third kappa shape index (κ3) is 14.3. The molecular formula is C75H109N7O7S2. The van der Waals surface area contributed by atoms with Crippen molar-refractivity contribution in [3.8, 4) is 17.2 Å². The maximum absolute atomic E-state index is 12.1. The van der Waals surface area contributed by atoms with Crippen LogP contribution in [0, 0.1) is 52.3 Å². The lowest BCUT2D eigenvalue weighted by molar-refractivity contribution is 0.0350. The fraction of sp³-hybridized carbons (Fsp3) is 0.693. The minimum atomic E-state index is -0.943. The van der Waals surface area contributed by atoms with E-state index in [9.17, 15) is 25.5 Å². The number of nitrogens with one attached hydrogen (secondary N) is 4. The summed E-state index contributed by atoms with van der Waals surface area (Å²) in [4.78, 5) is 9.12. The third-order valence-corrected chi connectivity index (χ3v) is 27.4. The summed E-state index contributed by atoms with van der Waals surface area (Å²) in [5.41, 5.74) is 20.6. The summed E-state index contributed by atoms with van der Waals surface area (Å²) in [6.45, 7) is 5.57. The number of rotatable bonds is 21. The summed E-state index contributed by atoms with van der Waals surface area (Å²) in [5, 5.41) is 66.4. The number of phenolic OH excluding ortho intramolecular Hbond substituents is 2. The van der Waals surface area contributed by atoms with E-state index in [1.54, 1.807) is 12.1 Å². The SMILES string of the molecule is CC(O)CNC(CNC1CCCC1)C1c2cc(C(O)COc3cc(CCc4cc(CO)c(CCC5CCC6C7CSSCC(N=C(N)NC8CCCC(c9cccc(O)c9)C8)C(C)CCC6C(C5)CC7N)o4)ccc3O)[nH]c2C2C=CC13CCCC3C21CCCC1. The molecule has 8 aliphatic carbocycles. The highest BCUT2D eigenvalue weighted by molar-refractivity contribution is 8.76. The Morgan fingerprint density at radius 1 is 0.824 bits per heavy atom. The number of benzene rings is 2. The number of H-pyrrole nitrogens is 1. The van der Waals surface area contributed by atoms with Crippen molar-refractivity contribution in [1.82, 2.24) is 20.9 Å². The van der Waals surface area contributed by atoms with Gasteiger partial charge < -0.3 is 67.1 Å². The van der Waals surface area contributed by atoms with Crippen LogP contribution in [-0.2, 0) is 25.9 Å². The molecular weight excluding hydrogens is 1180 g/mol. The Balaban J connectivity index is 0.630. The number of aliphatic imine (C=N–C) groups is 1. The van der Waals surface area contributed by atoms with E-state index < -0.39 is 12.2 Å². The highest BCUT2D eigenvalue weighted by atomic mass is 33.1. The van der Waals surface area contributed by atoms with Crippen molar-refractivity contribution in [2.45, 2.75) is 241 Å². The van der Waals surface area contributed by atoms with Crippen LogP contribution in [0.25, 0.3) is 0 Å². The molecule has 1 saturated heterocycles. The quantitative estimate of drug-likeness (QED) is 0.0161. The lowest BCUT2D eigenvalue weighted by Crippen LogP contribution is -2.53. The minimum Gasteiger partial charge on any atom is -0.508 e. The summed E-state index contributed by atoms with van der Waals surface area (Å²) in [6.07, 6.45) is 32.0. The number of ether oxygens (including phenoxy) is 1. The number of aliphatic hydroxyl groups is 3. The summed E-state index contributed by atoms with van der Waals surface area (Å²) < 4.78 is 13.0. The van der Waals surface area contributed by atoms with E-state index in [1.165, 1.54) is 107 Å². The number of allylic oxidation sites excluding steroid dienone is 2. The average Bonchev–Trinajstić information content (AvgIpc) is 1.53. The molecule has 91 heavy (non-hydrogen) atoms. The van der Waals surface area contributed by atoms with Gasteiger partial charge in [-0.3, -0.25) is 0 Å². The molecule has 13 N–H and O–H groups in total. The van der Waals surface area contributed by atoms with Gasteiger partial charge in [-0.2, -0.15) is 0 Å². The Morgan fingerprint density at radius 3 is 2.47 bits per heavy atom. The fourth-order valence-corrected chi connectivity index (χ4v) is 23.4. The Hall–Kier alpha value is -4.13. The maximum Gasteiger partial charge on any atom is 0.189 e. The lowest BCUT2D eigenvalue weighted by atomic mass is 9.52. The molecule has 9 aliphatic rings. The van der Waals surface area contributed by atoms with Crippen LogP contribution in [0.2, 0.25) is 0 Å². The first-order valence-electron chi connectivity index (χ1n) is 36.0. The first-order chi connectivity index (χ1) is 44.2. The first-order valence-corrected chi connectivity index (χ1v) is 38.5. The number of hydrogen-bond donors (Lipinski definition) is 11. The van der Waals surface area contributed by atoms with Crippen molar-refractivity contribution in [3.05, 3.63) is 112 Å². The number of guanidine groups is 1. The van der Waals surface area contributed by atoms with E-state index >= 15 is 0 Å². The van der Waals surface area contributed by atoms with Crippen molar-refractivity contribution >= 4 is 27.5 Å². The molecule has 2 aromatic heterocycles. The predicted molar refractivity (Wildman–Crippen MR) is 368 cm³/mol. The summed E-state index contributed by atoms with van der Waals surface area (Å²) in [7, 11) is 3.96. The number of phenols is 2. The van der Waals surface area contributed by atoms with E-state index in [4.69, 9.17) is 25.6 Å². The number of aromatic hydroxyl groups is 2. The summed E-state index contributed by atoms with van der Waals surface area (Å²) >= 11 is 0. The van der Waals surface area contributed by atoms with Gasteiger partial charge in [0.15, 0.2) is 17.5 Å². The van der Waals surface area contributed by atoms with Gasteiger partial charge in [0.1, 0.15) is 30.0 Å². The number of aryl methyl sites for hydroxylation is 3. The molecule has 17 atom stereocenters. The lowest BCUT2D eigenvalue weighted by Gasteiger charge is -2.53. The number of nitrogens with zero attached hydrogens (tertiary/aromatic N) is 1.